The van der Waals surface area contributed by atoms with Gasteiger partial charge in [-0.15, -0.1) is 0 Å². The normalized spacial score (nSPS) is 28.4. The molecule has 5 nitrogen and oxygen atoms in total. The molecule has 0 aromatic carbocycles. The molecule has 0 N–H and O–H groups in total. The van der Waals surface area contributed by atoms with E-state index in [0.717, 1.165) is 25.1 Å². The number of aromatic nitrogens is 1. The Bertz CT molecular complexity index is 717. The lowest BCUT2D eigenvalue weighted by molar-refractivity contribution is -0.137. The molecule has 1 aromatic heterocycles. The van der Waals surface area contributed by atoms with Crippen LogP contribution in [-0.2, 0) is 16.2 Å². The smallest absolute Gasteiger partial charge is 0.356 e. The maximum Gasteiger partial charge on any atom is 0.417 e. The molecule has 132 valence electrons. The summed E-state index contributed by atoms with van der Waals surface area (Å²) in [6, 6.07) is 2.43. The number of hydrogen-bond acceptors (Lipinski definition) is 4. The molecule has 1 saturated carbocycles. The van der Waals surface area contributed by atoms with Gasteiger partial charge < -0.3 is 4.90 Å². The summed E-state index contributed by atoms with van der Waals surface area (Å²) < 4.78 is 64.0. The van der Waals surface area contributed by atoms with Gasteiger partial charge in [-0.05, 0) is 36.8 Å². The maximum absolute atomic E-state index is 12.6. The minimum Gasteiger partial charge on any atom is -0.356 e. The standard InChI is InChI=1S/C15H18F3N3O2S/c16-15(17,18)12-1-4-14(19-5-12)20-6-10-8-21(9-11(10)7-20)24(22,23)13-2-3-13/h1,4-5,10-11,13H,2-3,6-9H2. The number of rotatable bonds is 3. The van der Waals surface area contributed by atoms with Crippen LogP contribution in [0.1, 0.15) is 18.4 Å². The maximum atomic E-state index is 12.6. The van der Waals surface area contributed by atoms with Crippen LogP contribution in [-0.4, -0.2) is 49.1 Å². The lowest BCUT2D eigenvalue weighted by Crippen LogP contribution is -2.35. The Labute approximate surface area is 138 Å². The summed E-state index contributed by atoms with van der Waals surface area (Å²) in [7, 11) is -3.14. The van der Waals surface area contributed by atoms with Gasteiger partial charge in [0.2, 0.25) is 10.0 Å². The third-order valence-electron chi connectivity index (χ3n) is 5.16. The topological polar surface area (TPSA) is 53.5 Å². The minimum absolute atomic E-state index is 0.191. The molecule has 3 aliphatic rings. The van der Waals surface area contributed by atoms with Gasteiger partial charge in [0.1, 0.15) is 5.82 Å². The van der Waals surface area contributed by atoms with Crippen LogP contribution in [0.15, 0.2) is 18.3 Å². The third-order valence-corrected chi connectivity index (χ3v) is 7.49. The summed E-state index contributed by atoms with van der Waals surface area (Å²) in [5.74, 6) is 0.972. The summed E-state index contributed by atoms with van der Waals surface area (Å²) in [5.41, 5.74) is -0.757. The molecule has 1 aliphatic carbocycles. The molecule has 2 atom stereocenters. The average Bonchev–Trinajstić information content (AvgIpc) is 3.18. The summed E-state index contributed by atoms with van der Waals surface area (Å²) in [5, 5.41) is -0.191. The van der Waals surface area contributed by atoms with Gasteiger partial charge in [0.15, 0.2) is 0 Å². The second-order valence-electron chi connectivity index (χ2n) is 6.89. The lowest BCUT2D eigenvalue weighted by Gasteiger charge is -2.22. The molecule has 9 heteroatoms. The first-order valence-corrected chi connectivity index (χ1v) is 9.52. The van der Waals surface area contributed by atoms with E-state index < -0.39 is 21.8 Å². The highest BCUT2D eigenvalue weighted by Crippen LogP contribution is 2.39. The highest BCUT2D eigenvalue weighted by molar-refractivity contribution is 7.90. The van der Waals surface area contributed by atoms with Crippen molar-refractivity contribution >= 4 is 15.8 Å². The number of alkyl halides is 3. The van der Waals surface area contributed by atoms with Gasteiger partial charge in [-0.1, -0.05) is 0 Å². The first kappa shape index (κ1) is 16.1. The predicted molar refractivity (Wildman–Crippen MR) is 81.9 cm³/mol. The van der Waals surface area contributed by atoms with Crippen LogP contribution in [0.5, 0.6) is 0 Å². The molecule has 0 amide bonds. The van der Waals surface area contributed by atoms with Crippen LogP contribution in [0.25, 0.3) is 0 Å². The van der Waals surface area contributed by atoms with Crippen molar-refractivity contribution in [3.63, 3.8) is 0 Å². The number of pyridine rings is 1. The monoisotopic (exact) mass is 361 g/mol. The Morgan fingerprint density at radius 1 is 1.04 bits per heavy atom. The zero-order valence-electron chi connectivity index (χ0n) is 12.9. The van der Waals surface area contributed by atoms with Crippen molar-refractivity contribution in [2.45, 2.75) is 24.3 Å². The number of nitrogens with zero attached hydrogens (tertiary/aromatic N) is 3. The zero-order chi connectivity index (χ0) is 17.1. The Balaban J connectivity index is 1.42. The van der Waals surface area contributed by atoms with Crippen molar-refractivity contribution < 1.29 is 21.6 Å². The first-order chi connectivity index (χ1) is 11.2. The molecule has 1 aromatic rings. The van der Waals surface area contributed by atoms with Crippen molar-refractivity contribution in [2.75, 3.05) is 31.1 Å². The van der Waals surface area contributed by atoms with Gasteiger partial charge in [0.25, 0.3) is 0 Å². The lowest BCUT2D eigenvalue weighted by atomic mass is 10.0. The fraction of sp³-hybridized carbons (Fsp3) is 0.667. The molecular weight excluding hydrogens is 343 g/mol. The van der Waals surface area contributed by atoms with Crippen molar-refractivity contribution in [2.24, 2.45) is 11.8 Å². The fourth-order valence-electron chi connectivity index (χ4n) is 3.66. The molecule has 0 spiro atoms. The van der Waals surface area contributed by atoms with Crippen molar-refractivity contribution in [1.82, 2.24) is 9.29 Å². The molecule has 0 radical (unpaired) electrons. The van der Waals surface area contributed by atoms with E-state index in [9.17, 15) is 21.6 Å². The molecule has 2 saturated heterocycles. The van der Waals surface area contributed by atoms with E-state index in [0.29, 0.717) is 32.0 Å². The van der Waals surface area contributed by atoms with Crippen LogP contribution in [0, 0.1) is 11.8 Å². The van der Waals surface area contributed by atoms with Gasteiger partial charge in [-0.2, -0.15) is 13.2 Å². The molecule has 3 fully saturated rings. The largest absolute Gasteiger partial charge is 0.417 e. The number of halogens is 3. The fourth-order valence-corrected chi connectivity index (χ4v) is 5.61. The molecule has 2 aliphatic heterocycles. The van der Waals surface area contributed by atoms with Crippen molar-refractivity contribution in [3.05, 3.63) is 23.9 Å². The Hall–Kier alpha value is -1.35. The zero-order valence-corrected chi connectivity index (χ0v) is 13.7. The number of fused-ring (bicyclic) bond motifs is 1. The first-order valence-electron chi connectivity index (χ1n) is 8.02. The molecule has 3 heterocycles. The van der Waals surface area contributed by atoms with Crippen LogP contribution in [0.3, 0.4) is 0 Å². The van der Waals surface area contributed by atoms with Gasteiger partial charge in [-0.25, -0.2) is 17.7 Å². The van der Waals surface area contributed by atoms with Gasteiger partial charge in [-0.3, -0.25) is 0 Å². The van der Waals surface area contributed by atoms with E-state index in [4.69, 9.17) is 0 Å². The minimum atomic E-state index is -4.38. The van der Waals surface area contributed by atoms with Crippen LogP contribution >= 0.6 is 0 Å². The Morgan fingerprint density at radius 3 is 2.12 bits per heavy atom. The third kappa shape index (κ3) is 2.77. The van der Waals surface area contributed by atoms with Crippen molar-refractivity contribution in [3.8, 4) is 0 Å². The summed E-state index contributed by atoms with van der Waals surface area (Å²) in [4.78, 5) is 5.89. The highest BCUT2D eigenvalue weighted by atomic mass is 32.2. The van der Waals surface area contributed by atoms with E-state index in [-0.39, 0.29) is 17.1 Å². The van der Waals surface area contributed by atoms with E-state index in [1.807, 2.05) is 4.90 Å². The van der Waals surface area contributed by atoms with Crippen molar-refractivity contribution in [1.29, 1.82) is 0 Å². The van der Waals surface area contributed by atoms with Crippen LogP contribution in [0.2, 0.25) is 0 Å². The van der Waals surface area contributed by atoms with E-state index in [1.54, 1.807) is 4.31 Å². The molecule has 2 unspecified atom stereocenters. The highest BCUT2D eigenvalue weighted by Gasteiger charge is 2.48. The van der Waals surface area contributed by atoms with Gasteiger partial charge in [0, 0.05) is 32.4 Å². The van der Waals surface area contributed by atoms with Gasteiger partial charge >= 0.3 is 6.18 Å². The Morgan fingerprint density at radius 2 is 1.67 bits per heavy atom. The molecule has 4 rings (SSSR count). The SMILES string of the molecule is O=S(=O)(C1CC1)N1CC2CN(c3ccc(C(F)(F)F)cn3)CC2C1. The molecule has 24 heavy (non-hydrogen) atoms. The molecule has 0 bridgehead atoms. The Kier molecular flexibility index (Phi) is 3.58. The summed E-state index contributed by atoms with van der Waals surface area (Å²) >= 11 is 0. The second-order valence-corrected chi connectivity index (χ2v) is 9.10. The number of hydrogen-bond donors (Lipinski definition) is 0. The summed E-state index contributed by atoms with van der Waals surface area (Å²) in [6.45, 7) is 2.31. The molecular formula is C15H18F3N3O2S. The quantitative estimate of drug-likeness (QED) is 0.826. The van der Waals surface area contributed by atoms with Crippen LogP contribution in [0.4, 0.5) is 19.0 Å². The van der Waals surface area contributed by atoms with Gasteiger partial charge in [0.05, 0.1) is 10.8 Å². The van der Waals surface area contributed by atoms with E-state index >= 15 is 0 Å². The van der Waals surface area contributed by atoms with E-state index in [2.05, 4.69) is 4.98 Å². The van der Waals surface area contributed by atoms with Crippen LogP contribution < -0.4 is 4.90 Å². The summed E-state index contributed by atoms with van der Waals surface area (Å²) in [6.07, 6.45) is -2.01. The second kappa shape index (κ2) is 5.32. The predicted octanol–water partition coefficient (Wildman–Crippen LogP) is 1.96. The average molecular weight is 361 g/mol. The van der Waals surface area contributed by atoms with E-state index in [1.165, 1.54) is 6.07 Å². The number of sulfonamides is 1. The number of anilines is 1.